The summed E-state index contributed by atoms with van der Waals surface area (Å²) in [6.45, 7) is 4.89. The van der Waals surface area contributed by atoms with Crippen molar-refractivity contribution in [1.82, 2.24) is 5.32 Å². The number of carbonyl (C=O) groups is 4. The van der Waals surface area contributed by atoms with Crippen LogP contribution in [0.15, 0.2) is 42.0 Å². The molecule has 1 aromatic rings. The molecule has 1 aromatic carbocycles. The van der Waals surface area contributed by atoms with E-state index in [-0.39, 0.29) is 66.3 Å². The Morgan fingerprint density at radius 2 is 1.77 bits per heavy atom. The number of allylic oxidation sites excluding steroid dienone is 1. The molecule has 2 N–H and O–H groups in total. The number of carboxylic acid groups (broad SMARTS) is 1. The first-order valence-electron chi connectivity index (χ1n) is 15.1. The lowest BCUT2D eigenvalue weighted by molar-refractivity contribution is -0.160. The zero-order chi connectivity index (χ0) is 28.5. The first-order chi connectivity index (χ1) is 19.1. The van der Waals surface area contributed by atoms with Gasteiger partial charge in [0.05, 0.1) is 12.8 Å². The lowest BCUT2D eigenvalue weighted by Crippen LogP contribution is -2.51. The molecular formula is C33H43NO6. The molecule has 4 aliphatic rings. The summed E-state index contributed by atoms with van der Waals surface area (Å²) in [6.07, 6.45) is 9.60. The first kappa shape index (κ1) is 28.6. The SMILES string of the molecule is C[C@]12CC[C@H]3[C@@H](CCC4=CC(=O)CC[C@@]43C)[C@@H]1CC[C@H]2OC(=O)CCC(=O)NC[C@H](CC(=O)O)c1ccccc1. The highest BCUT2D eigenvalue weighted by Crippen LogP contribution is 2.65. The molecule has 7 heteroatoms. The quantitative estimate of drug-likeness (QED) is 0.389. The smallest absolute Gasteiger partial charge is 0.306 e. The van der Waals surface area contributed by atoms with Gasteiger partial charge >= 0.3 is 11.9 Å². The standard InChI is InChI=1S/C33H43NO6/c1-32-16-14-24(35)19-23(32)8-9-25-26-10-11-28(33(26,2)17-15-27(25)32)40-31(39)13-12-29(36)34-20-22(18-30(37)38)21-6-4-3-5-7-21/h3-7,19,22,25-28H,8-18,20H2,1-2H3,(H,34,36)(H,37,38)/t22-,25-,26-,27-,28+,32-,33-/m0/s1. The van der Waals surface area contributed by atoms with Gasteiger partial charge in [-0.3, -0.25) is 19.2 Å². The van der Waals surface area contributed by atoms with Crippen molar-refractivity contribution in [3.8, 4) is 0 Å². The van der Waals surface area contributed by atoms with Gasteiger partial charge < -0.3 is 15.2 Å². The molecule has 0 spiro atoms. The van der Waals surface area contributed by atoms with Crippen LogP contribution in [-0.4, -0.2) is 41.4 Å². The van der Waals surface area contributed by atoms with E-state index in [2.05, 4.69) is 19.2 Å². The Bertz CT molecular complexity index is 1180. The molecule has 3 fully saturated rings. The van der Waals surface area contributed by atoms with Gasteiger partial charge in [0.25, 0.3) is 0 Å². The molecular weight excluding hydrogens is 506 g/mol. The highest BCUT2D eigenvalue weighted by atomic mass is 16.5. The third kappa shape index (κ3) is 5.61. The number of rotatable bonds is 9. The maximum absolute atomic E-state index is 12.9. The Morgan fingerprint density at radius 1 is 1.00 bits per heavy atom. The molecule has 7 nitrogen and oxygen atoms in total. The molecule has 5 rings (SSSR count). The van der Waals surface area contributed by atoms with Crippen LogP contribution >= 0.6 is 0 Å². The van der Waals surface area contributed by atoms with E-state index >= 15 is 0 Å². The molecule has 0 aromatic heterocycles. The van der Waals surface area contributed by atoms with Crippen LogP contribution in [0.5, 0.6) is 0 Å². The van der Waals surface area contributed by atoms with Crippen molar-refractivity contribution < 1.29 is 29.0 Å². The second-order valence-electron chi connectivity index (χ2n) is 13.1. The average Bonchev–Trinajstić information content (AvgIpc) is 3.26. The van der Waals surface area contributed by atoms with E-state index in [0.717, 1.165) is 50.5 Å². The summed E-state index contributed by atoms with van der Waals surface area (Å²) in [7, 11) is 0. The second-order valence-corrected chi connectivity index (χ2v) is 13.1. The van der Waals surface area contributed by atoms with Crippen molar-refractivity contribution in [2.75, 3.05) is 6.54 Å². The fourth-order valence-electron chi connectivity index (χ4n) is 8.71. The van der Waals surface area contributed by atoms with Crippen molar-refractivity contribution >= 4 is 23.6 Å². The number of hydrogen-bond acceptors (Lipinski definition) is 5. The largest absolute Gasteiger partial charge is 0.481 e. The van der Waals surface area contributed by atoms with Gasteiger partial charge in [0.2, 0.25) is 5.91 Å². The van der Waals surface area contributed by atoms with Gasteiger partial charge in [-0.25, -0.2) is 0 Å². The van der Waals surface area contributed by atoms with Crippen LogP contribution in [-0.2, 0) is 23.9 Å². The number of aliphatic carboxylic acids is 1. The van der Waals surface area contributed by atoms with Crippen LogP contribution in [0, 0.1) is 28.6 Å². The van der Waals surface area contributed by atoms with Crippen molar-refractivity contribution in [3.63, 3.8) is 0 Å². The third-order valence-electron chi connectivity index (χ3n) is 10.9. The number of benzene rings is 1. The fourth-order valence-corrected chi connectivity index (χ4v) is 8.71. The number of nitrogens with one attached hydrogen (secondary N) is 1. The second kappa shape index (κ2) is 11.5. The summed E-state index contributed by atoms with van der Waals surface area (Å²) in [5.74, 6) is 0.145. The number of ketones is 1. The Kier molecular flexibility index (Phi) is 8.21. The number of carboxylic acids is 1. The van der Waals surface area contributed by atoms with Crippen molar-refractivity contribution in [1.29, 1.82) is 0 Å². The topological polar surface area (TPSA) is 110 Å². The van der Waals surface area contributed by atoms with Gasteiger partial charge in [0, 0.05) is 30.7 Å². The maximum Gasteiger partial charge on any atom is 0.306 e. The average molecular weight is 550 g/mol. The Labute approximate surface area is 237 Å². The highest BCUT2D eigenvalue weighted by molar-refractivity contribution is 5.91. The van der Waals surface area contributed by atoms with Gasteiger partial charge in [-0.05, 0) is 79.8 Å². The van der Waals surface area contributed by atoms with Crippen molar-refractivity contribution in [2.45, 2.75) is 96.5 Å². The molecule has 1 amide bonds. The van der Waals surface area contributed by atoms with Gasteiger partial charge in [-0.1, -0.05) is 49.8 Å². The number of fused-ring (bicyclic) bond motifs is 5. The van der Waals surface area contributed by atoms with E-state index < -0.39 is 5.97 Å². The highest BCUT2D eigenvalue weighted by Gasteiger charge is 2.59. The molecule has 3 saturated carbocycles. The zero-order valence-corrected chi connectivity index (χ0v) is 23.8. The minimum atomic E-state index is -0.919. The number of esters is 1. The number of ether oxygens (including phenoxy) is 1. The molecule has 0 radical (unpaired) electrons. The molecule has 4 aliphatic carbocycles. The van der Waals surface area contributed by atoms with E-state index in [1.165, 1.54) is 5.57 Å². The predicted molar refractivity (Wildman–Crippen MR) is 150 cm³/mol. The van der Waals surface area contributed by atoms with E-state index in [0.29, 0.717) is 24.2 Å². The lowest BCUT2D eigenvalue weighted by atomic mass is 9.47. The van der Waals surface area contributed by atoms with Gasteiger partial charge in [0.15, 0.2) is 5.78 Å². The van der Waals surface area contributed by atoms with E-state index in [1.807, 2.05) is 36.4 Å². The Morgan fingerprint density at radius 3 is 2.52 bits per heavy atom. The van der Waals surface area contributed by atoms with Crippen LogP contribution in [0.2, 0.25) is 0 Å². The van der Waals surface area contributed by atoms with Crippen LogP contribution in [0.3, 0.4) is 0 Å². The molecule has 0 unspecified atom stereocenters. The van der Waals surface area contributed by atoms with E-state index in [1.54, 1.807) is 0 Å². The summed E-state index contributed by atoms with van der Waals surface area (Å²) >= 11 is 0. The minimum Gasteiger partial charge on any atom is -0.481 e. The fraction of sp³-hybridized carbons (Fsp3) is 0.636. The first-order valence-corrected chi connectivity index (χ1v) is 15.1. The summed E-state index contributed by atoms with van der Waals surface area (Å²) in [6, 6.07) is 9.29. The monoisotopic (exact) mass is 549 g/mol. The Balaban J connectivity index is 1.13. The number of carbonyl (C=O) groups excluding carboxylic acids is 3. The third-order valence-corrected chi connectivity index (χ3v) is 10.9. The van der Waals surface area contributed by atoms with Crippen molar-refractivity contribution in [3.05, 3.63) is 47.5 Å². The summed E-state index contributed by atoms with van der Waals surface area (Å²) in [5, 5.41) is 12.1. The Hall–Kier alpha value is -2.96. The molecule has 0 bridgehead atoms. The minimum absolute atomic E-state index is 0.0182. The van der Waals surface area contributed by atoms with Crippen LogP contribution in [0.1, 0.15) is 96.0 Å². The number of hydrogen-bond donors (Lipinski definition) is 2. The summed E-state index contributed by atoms with van der Waals surface area (Å²) in [4.78, 5) is 48.8. The van der Waals surface area contributed by atoms with Gasteiger partial charge in [0.1, 0.15) is 6.10 Å². The van der Waals surface area contributed by atoms with E-state index in [4.69, 9.17) is 4.74 Å². The molecule has 7 atom stereocenters. The van der Waals surface area contributed by atoms with Gasteiger partial charge in [-0.15, -0.1) is 0 Å². The normalized spacial score (nSPS) is 33.5. The van der Waals surface area contributed by atoms with Crippen LogP contribution in [0.25, 0.3) is 0 Å². The molecule has 0 aliphatic heterocycles. The molecule has 0 heterocycles. The molecule has 216 valence electrons. The van der Waals surface area contributed by atoms with Crippen LogP contribution < -0.4 is 5.32 Å². The van der Waals surface area contributed by atoms with Crippen LogP contribution in [0.4, 0.5) is 0 Å². The summed E-state index contributed by atoms with van der Waals surface area (Å²) in [5.41, 5.74) is 2.32. The predicted octanol–water partition coefficient (Wildman–Crippen LogP) is 5.59. The van der Waals surface area contributed by atoms with E-state index in [9.17, 15) is 24.3 Å². The van der Waals surface area contributed by atoms with Crippen molar-refractivity contribution in [2.24, 2.45) is 28.6 Å². The lowest BCUT2D eigenvalue weighted by Gasteiger charge is -2.57. The molecule has 40 heavy (non-hydrogen) atoms. The zero-order valence-electron chi connectivity index (χ0n) is 23.8. The van der Waals surface area contributed by atoms with Gasteiger partial charge in [-0.2, -0.15) is 0 Å². The number of amides is 1. The molecule has 0 saturated heterocycles. The summed E-state index contributed by atoms with van der Waals surface area (Å²) < 4.78 is 6.05. The maximum atomic E-state index is 12.9.